The summed E-state index contributed by atoms with van der Waals surface area (Å²) in [6, 6.07) is 34.0. The van der Waals surface area contributed by atoms with Gasteiger partial charge in [0, 0.05) is 23.0 Å². The molecular weight excluding hydrogens is 510 g/mol. The lowest BCUT2D eigenvalue weighted by Crippen LogP contribution is -2.51. The van der Waals surface area contributed by atoms with E-state index in [-0.39, 0.29) is 43.2 Å². The summed E-state index contributed by atoms with van der Waals surface area (Å²) < 4.78 is 0. The highest BCUT2D eigenvalue weighted by Crippen LogP contribution is 2.55. The molecule has 1 aliphatic heterocycles. The molecule has 1 spiro atoms. The Labute approximate surface area is 237 Å². The second kappa shape index (κ2) is 9.50. The van der Waals surface area contributed by atoms with E-state index in [1.807, 2.05) is 78.9 Å². The highest BCUT2D eigenvalue weighted by atomic mass is 16.3. The number of fused-ring (bicyclic) bond motifs is 3. The molecular formula is C36H29NO4. The Morgan fingerprint density at radius 2 is 1.37 bits per heavy atom. The van der Waals surface area contributed by atoms with Gasteiger partial charge in [0.25, 0.3) is 0 Å². The average molecular weight is 540 g/mol. The number of aliphatic hydroxyl groups is 1. The monoisotopic (exact) mass is 539 g/mol. The third-order valence-corrected chi connectivity index (χ3v) is 9.21. The SMILES string of the molecule is O=C1CC2(CCC(O)(c3cccc4ccccc34)C(C(=O)c3cccc4ccccc34)C2)C(=O)c2ccccc2N1. The maximum atomic E-state index is 14.7. The van der Waals surface area contributed by atoms with Gasteiger partial charge >= 0.3 is 0 Å². The first-order valence-corrected chi connectivity index (χ1v) is 14.1. The number of Topliss-reactive ketones (excluding diaryl/α,β-unsaturated/α-hetero) is 2. The van der Waals surface area contributed by atoms with E-state index >= 15 is 0 Å². The number of nitrogens with one attached hydrogen (secondary N) is 1. The summed E-state index contributed by atoms with van der Waals surface area (Å²) in [5.41, 5.74) is -0.526. The molecule has 0 saturated heterocycles. The van der Waals surface area contributed by atoms with E-state index in [9.17, 15) is 19.5 Å². The molecule has 41 heavy (non-hydrogen) atoms. The molecule has 202 valence electrons. The lowest BCUT2D eigenvalue weighted by atomic mass is 9.56. The van der Waals surface area contributed by atoms with Gasteiger partial charge in [0.15, 0.2) is 11.6 Å². The van der Waals surface area contributed by atoms with Crippen molar-refractivity contribution in [2.45, 2.75) is 31.3 Å². The van der Waals surface area contributed by atoms with Crippen molar-refractivity contribution >= 4 is 44.7 Å². The number of benzene rings is 5. The molecule has 1 aliphatic carbocycles. The van der Waals surface area contributed by atoms with E-state index in [1.54, 1.807) is 30.3 Å². The van der Waals surface area contributed by atoms with Crippen molar-refractivity contribution in [3.8, 4) is 0 Å². The minimum atomic E-state index is -1.54. The predicted octanol–water partition coefficient (Wildman–Crippen LogP) is 7.08. The van der Waals surface area contributed by atoms with Crippen LogP contribution in [0.4, 0.5) is 5.69 Å². The van der Waals surface area contributed by atoms with Gasteiger partial charge in [-0.3, -0.25) is 14.4 Å². The lowest BCUT2D eigenvalue weighted by molar-refractivity contribution is -0.120. The number of carbonyl (C=O) groups excluding carboxylic acids is 3. The first-order valence-electron chi connectivity index (χ1n) is 14.1. The number of carbonyl (C=O) groups is 3. The normalized spacial score (nSPS) is 24.2. The van der Waals surface area contributed by atoms with E-state index in [1.165, 1.54) is 0 Å². The molecule has 3 unspecified atom stereocenters. The van der Waals surface area contributed by atoms with Crippen LogP contribution >= 0.6 is 0 Å². The minimum absolute atomic E-state index is 0.0363. The Kier molecular flexibility index (Phi) is 5.87. The lowest BCUT2D eigenvalue weighted by Gasteiger charge is -2.48. The van der Waals surface area contributed by atoms with E-state index in [0.29, 0.717) is 22.4 Å². The number of anilines is 1. The molecule has 7 rings (SSSR count). The van der Waals surface area contributed by atoms with Crippen LogP contribution in [0.3, 0.4) is 0 Å². The number of hydrogen-bond acceptors (Lipinski definition) is 4. The average Bonchev–Trinajstić information content (AvgIpc) is 3.11. The van der Waals surface area contributed by atoms with Crippen LogP contribution in [-0.2, 0) is 10.4 Å². The Morgan fingerprint density at radius 1 is 0.732 bits per heavy atom. The van der Waals surface area contributed by atoms with Gasteiger partial charge in [-0.1, -0.05) is 97.1 Å². The van der Waals surface area contributed by atoms with Crippen molar-refractivity contribution in [1.29, 1.82) is 0 Å². The maximum Gasteiger partial charge on any atom is 0.225 e. The summed E-state index contributed by atoms with van der Waals surface area (Å²) in [6.07, 6.45) is 0.483. The number of rotatable bonds is 3. The van der Waals surface area contributed by atoms with Crippen LogP contribution < -0.4 is 5.32 Å². The van der Waals surface area contributed by atoms with Crippen molar-refractivity contribution in [1.82, 2.24) is 0 Å². The van der Waals surface area contributed by atoms with E-state index in [2.05, 4.69) is 5.32 Å². The first-order chi connectivity index (χ1) is 19.9. The summed E-state index contributed by atoms with van der Waals surface area (Å²) in [6.45, 7) is 0. The zero-order valence-electron chi connectivity index (χ0n) is 22.5. The maximum absolute atomic E-state index is 14.7. The molecule has 2 N–H and O–H groups in total. The van der Waals surface area contributed by atoms with Crippen LogP contribution in [0.5, 0.6) is 0 Å². The summed E-state index contributed by atoms with van der Waals surface area (Å²) in [5.74, 6) is -1.57. The number of amides is 1. The van der Waals surface area contributed by atoms with Crippen molar-refractivity contribution in [3.05, 3.63) is 126 Å². The van der Waals surface area contributed by atoms with Gasteiger partial charge in [-0.25, -0.2) is 0 Å². The molecule has 5 aromatic rings. The summed E-state index contributed by atoms with van der Waals surface area (Å²) in [5, 5.41) is 19.2. The molecule has 1 heterocycles. The quantitative estimate of drug-likeness (QED) is 0.240. The molecule has 5 heteroatoms. The number of ketones is 2. The van der Waals surface area contributed by atoms with Crippen LogP contribution in [0.15, 0.2) is 109 Å². The molecule has 0 aromatic heterocycles. The van der Waals surface area contributed by atoms with Gasteiger partial charge in [0.1, 0.15) is 5.60 Å². The van der Waals surface area contributed by atoms with Crippen molar-refractivity contribution < 1.29 is 19.5 Å². The highest BCUT2D eigenvalue weighted by molar-refractivity contribution is 6.14. The van der Waals surface area contributed by atoms with E-state index in [4.69, 9.17) is 0 Å². The van der Waals surface area contributed by atoms with Gasteiger partial charge in [0.2, 0.25) is 5.91 Å². The van der Waals surface area contributed by atoms with Gasteiger partial charge in [-0.15, -0.1) is 0 Å². The zero-order valence-corrected chi connectivity index (χ0v) is 22.5. The third kappa shape index (κ3) is 3.99. The second-order valence-electron chi connectivity index (χ2n) is 11.5. The van der Waals surface area contributed by atoms with Gasteiger partial charge in [-0.05, 0) is 58.5 Å². The summed E-state index contributed by atoms with van der Waals surface area (Å²) in [4.78, 5) is 42.1. The summed E-state index contributed by atoms with van der Waals surface area (Å²) in [7, 11) is 0. The standard InChI is InChI=1S/C36H29NO4/c38-32-22-35(34(40)28-15-5-6-18-31(28)37-32)19-20-36(41,29-17-8-12-24-10-2-4-14-26(24)29)30(21-35)33(39)27-16-7-11-23-9-1-3-13-25(23)27/h1-18,30,41H,19-22H2,(H,37,38). The summed E-state index contributed by atoms with van der Waals surface area (Å²) >= 11 is 0. The minimum Gasteiger partial charge on any atom is -0.384 e. The number of para-hydroxylation sites is 1. The highest BCUT2D eigenvalue weighted by Gasteiger charge is 2.57. The van der Waals surface area contributed by atoms with Crippen molar-refractivity contribution in [3.63, 3.8) is 0 Å². The Bertz CT molecular complexity index is 1870. The third-order valence-electron chi connectivity index (χ3n) is 9.21. The Morgan fingerprint density at radius 3 is 2.17 bits per heavy atom. The predicted molar refractivity (Wildman–Crippen MR) is 160 cm³/mol. The van der Waals surface area contributed by atoms with Gasteiger partial charge in [0.05, 0.1) is 11.6 Å². The molecule has 5 nitrogen and oxygen atoms in total. The Hall–Kier alpha value is -4.61. The van der Waals surface area contributed by atoms with E-state index in [0.717, 1.165) is 21.5 Å². The fourth-order valence-electron chi connectivity index (χ4n) is 7.15. The van der Waals surface area contributed by atoms with Gasteiger partial charge < -0.3 is 10.4 Å². The Balaban J connectivity index is 1.42. The first kappa shape index (κ1) is 25.4. The van der Waals surface area contributed by atoms with Crippen molar-refractivity contribution in [2.24, 2.45) is 11.3 Å². The molecule has 1 saturated carbocycles. The van der Waals surface area contributed by atoms with Crippen LogP contribution in [0.1, 0.15) is 52.0 Å². The fraction of sp³-hybridized carbons (Fsp3) is 0.194. The van der Waals surface area contributed by atoms with E-state index < -0.39 is 16.9 Å². The molecule has 1 fully saturated rings. The topological polar surface area (TPSA) is 83.5 Å². The molecule has 2 aliphatic rings. The molecule has 1 amide bonds. The smallest absolute Gasteiger partial charge is 0.225 e. The second-order valence-corrected chi connectivity index (χ2v) is 11.5. The molecule has 3 atom stereocenters. The van der Waals surface area contributed by atoms with Crippen LogP contribution in [-0.4, -0.2) is 22.6 Å². The largest absolute Gasteiger partial charge is 0.384 e. The molecule has 0 radical (unpaired) electrons. The fourth-order valence-corrected chi connectivity index (χ4v) is 7.15. The van der Waals surface area contributed by atoms with Crippen LogP contribution in [0.25, 0.3) is 21.5 Å². The van der Waals surface area contributed by atoms with Gasteiger partial charge in [-0.2, -0.15) is 0 Å². The molecule has 5 aromatic carbocycles. The zero-order chi connectivity index (χ0) is 28.2. The van der Waals surface area contributed by atoms with Crippen molar-refractivity contribution in [2.75, 3.05) is 5.32 Å². The number of hydrogen-bond donors (Lipinski definition) is 2. The molecule has 0 bridgehead atoms. The van der Waals surface area contributed by atoms with Crippen LogP contribution in [0.2, 0.25) is 0 Å². The van der Waals surface area contributed by atoms with Crippen LogP contribution in [0, 0.1) is 11.3 Å².